The number of benzene rings is 1. The minimum atomic E-state index is -0.281. The van der Waals surface area contributed by atoms with Gasteiger partial charge in [-0.15, -0.1) is 0 Å². The van der Waals surface area contributed by atoms with Crippen molar-refractivity contribution >= 4 is 17.5 Å². The average molecular weight is 354 g/mol. The summed E-state index contributed by atoms with van der Waals surface area (Å²) < 4.78 is 10.9. The highest BCUT2D eigenvalue weighted by Gasteiger charge is 2.52. The van der Waals surface area contributed by atoms with Crippen molar-refractivity contribution < 1.29 is 19.1 Å². The molecule has 138 valence electrons. The molecule has 3 aliphatic carbocycles. The summed E-state index contributed by atoms with van der Waals surface area (Å²) in [5.74, 6) is 0.703. The molecule has 1 fully saturated rings. The van der Waals surface area contributed by atoms with Crippen LogP contribution >= 0.6 is 0 Å². The molecule has 3 aliphatic rings. The summed E-state index contributed by atoms with van der Waals surface area (Å²) in [5.41, 5.74) is 5.72. The van der Waals surface area contributed by atoms with Gasteiger partial charge in [-0.25, -0.2) is 0 Å². The number of hydrogen-bond donors (Lipinski definition) is 0. The zero-order valence-corrected chi connectivity index (χ0v) is 15.8. The molecule has 0 saturated heterocycles. The number of carbonyl (C=O) groups is 2. The van der Waals surface area contributed by atoms with Crippen molar-refractivity contribution in [1.82, 2.24) is 0 Å². The van der Waals surface area contributed by atoms with Gasteiger partial charge < -0.3 is 9.47 Å². The fourth-order valence-corrected chi connectivity index (χ4v) is 5.47. The van der Waals surface area contributed by atoms with Crippen LogP contribution in [0.5, 0.6) is 5.75 Å². The molecular formula is C22H26O4. The molecule has 0 aliphatic heterocycles. The number of rotatable bonds is 2. The number of esters is 2. The lowest BCUT2D eigenvalue weighted by atomic mass is 9.62. The molecule has 4 heteroatoms. The maximum Gasteiger partial charge on any atom is 0.308 e. The number of ether oxygens (including phenoxy) is 2. The minimum Gasteiger partial charge on any atom is -0.462 e. The molecule has 0 aromatic heterocycles. The van der Waals surface area contributed by atoms with Crippen molar-refractivity contribution in [1.29, 1.82) is 0 Å². The van der Waals surface area contributed by atoms with Gasteiger partial charge >= 0.3 is 11.9 Å². The van der Waals surface area contributed by atoms with E-state index < -0.39 is 0 Å². The molecule has 0 bridgehead atoms. The average Bonchev–Trinajstić information content (AvgIpc) is 2.90. The van der Waals surface area contributed by atoms with E-state index in [0.717, 1.165) is 38.5 Å². The second-order valence-corrected chi connectivity index (χ2v) is 8.15. The lowest BCUT2D eigenvalue weighted by molar-refractivity contribution is -0.152. The van der Waals surface area contributed by atoms with E-state index in [2.05, 4.69) is 13.0 Å². The molecular weight excluding hydrogens is 328 g/mol. The van der Waals surface area contributed by atoms with Gasteiger partial charge in [0.05, 0.1) is 0 Å². The van der Waals surface area contributed by atoms with E-state index >= 15 is 0 Å². The summed E-state index contributed by atoms with van der Waals surface area (Å²) in [5, 5.41) is 0. The molecule has 4 nitrogen and oxygen atoms in total. The van der Waals surface area contributed by atoms with Gasteiger partial charge in [-0.1, -0.05) is 18.6 Å². The largest absolute Gasteiger partial charge is 0.462 e. The Hall–Kier alpha value is -2.10. The predicted molar refractivity (Wildman–Crippen MR) is 98.6 cm³/mol. The lowest BCUT2D eigenvalue weighted by Crippen LogP contribution is -2.39. The van der Waals surface area contributed by atoms with Crippen LogP contribution in [0.15, 0.2) is 23.8 Å². The fourth-order valence-electron chi connectivity index (χ4n) is 5.47. The monoisotopic (exact) mass is 354 g/mol. The Morgan fingerprint density at radius 1 is 1.08 bits per heavy atom. The zero-order chi connectivity index (χ0) is 18.5. The fraction of sp³-hybridized carbons (Fsp3) is 0.545. The first kappa shape index (κ1) is 17.3. The molecule has 0 spiro atoms. The van der Waals surface area contributed by atoms with Crippen LogP contribution in [0.2, 0.25) is 0 Å². The van der Waals surface area contributed by atoms with Crippen molar-refractivity contribution in [2.45, 2.75) is 65.4 Å². The van der Waals surface area contributed by atoms with Gasteiger partial charge in [0.1, 0.15) is 11.9 Å². The Morgan fingerprint density at radius 3 is 2.62 bits per heavy atom. The van der Waals surface area contributed by atoms with E-state index in [0.29, 0.717) is 11.7 Å². The van der Waals surface area contributed by atoms with Gasteiger partial charge in [-0.2, -0.15) is 0 Å². The maximum atomic E-state index is 11.5. The van der Waals surface area contributed by atoms with Crippen molar-refractivity contribution in [3.8, 4) is 5.75 Å². The molecule has 4 rings (SSSR count). The standard InChI is InChI=1S/C22H26O4/c1-13(23)25-16-5-7-17-15(12-16)4-6-19-18(17)10-11-22(3)20(19)8-9-21(22)26-14(2)24/h5,7,12,20-21H,4,6,8-11H2,1-3H3/t20?,21-,22-/m0/s1. The van der Waals surface area contributed by atoms with Gasteiger partial charge in [0, 0.05) is 19.3 Å². The molecule has 0 radical (unpaired) electrons. The molecule has 0 amide bonds. The van der Waals surface area contributed by atoms with Gasteiger partial charge in [0.2, 0.25) is 0 Å². The van der Waals surface area contributed by atoms with Crippen LogP contribution in [0, 0.1) is 11.3 Å². The van der Waals surface area contributed by atoms with Gasteiger partial charge in [-0.3, -0.25) is 9.59 Å². The van der Waals surface area contributed by atoms with Crippen molar-refractivity contribution in [3.05, 3.63) is 34.9 Å². The Bertz CT molecular complexity index is 806. The molecule has 0 N–H and O–H groups in total. The summed E-state index contributed by atoms with van der Waals surface area (Å²) >= 11 is 0. The van der Waals surface area contributed by atoms with E-state index in [-0.39, 0.29) is 23.5 Å². The molecule has 0 heterocycles. The topological polar surface area (TPSA) is 52.6 Å². The smallest absolute Gasteiger partial charge is 0.308 e. The highest BCUT2D eigenvalue weighted by Crippen LogP contribution is 2.58. The van der Waals surface area contributed by atoms with Crippen LogP contribution in [0.1, 0.15) is 64.0 Å². The van der Waals surface area contributed by atoms with Crippen LogP contribution in [0.3, 0.4) is 0 Å². The van der Waals surface area contributed by atoms with Crippen LogP contribution in [0.4, 0.5) is 0 Å². The van der Waals surface area contributed by atoms with Crippen molar-refractivity contribution in [3.63, 3.8) is 0 Å². The third-order valence-electron chi connectivity index (χ3n) is 6.61. The molecule has 1 unspecified atom stereocenters. The Kier molecular flexibility index (Phi) is 4.17. The highest BCUT2D eigenvalue weighted by atomic mass is 16.5. The Labute approximate surface area is 154 Å². The van der Waals surface area contributed by atoms with Crippen molar-refractivity contribution in [2.24, 2.45) is 11.3 Å². The van der Waals surface area contributed by atoms with Gasteiger partial charge in [0.25, 0.3) is 0 Å². The number of allylic oxidation sites excluding steroid dienone is 2. The van der Waals surface area contributed by atoms with Crippen LogP contribution < -0.4 is 4.74 Å². The van der Waals surface area contributed by atoms with Gasteiger partial charge in [-0.05, 0) is 73.3 Å². The third kappa shape index (κ3) is 2.76. The van der Waals surface area contributed by atoms with Crippen LogP contribution in [-0.2, 0) is 20.7 Å². The summed E-state index contributed by atoms with van der Waals surface area (Å²) in [6.07, 6.45) is 6.24. The first-order valence-electron chi connectivity index (χ1n) is 9.59. The minimum absolute atomic E-state index is 0.0480. The van der Waals surface area contributed by atoms with E-state index in [9.17, 15) is 9.59 Å². The van der Waals surface area contributed by atoms with Crippen LogP contribution in [-0.4, -0.2) is 18.0 Å². The summed E-state index contributed by atoms with van der Waals surface area (Å²) in [4.78, 5) is 22.7. The quantitative estimate of drug-likeness (QED) is 0.581. The first-order valence-corrected chi connectivity index (χ1v) is 9.59. The molecule has 1 aromatic rings. The Balaban J connectivity index is 1.66. The van der Waals surface area contributed by atoms with E-state index in [1.165, 1.54) is 30.5 Å². The second kappa shape index (κ2) is 6.26. The van der Waals surface area contributed by atoms with E-state index in [4.69, 9.17) is 9.47 Å². The molecule has 26 heavy (non-hydrogen) atoms. The number of fused-ring (bicyclic) bond motifs is 4. The third-order valence-corrected chi connectivity index (χ3v) is 6.61. The second-order valence-electron chi connectivity index (χ2n) is 8.15. The summed E-state index contributed by atoms with van der Waals surface area (Å²) in [6, 6.07) is 6.04. The van der Waals surface area contributed by atoms with Crippen LogP contribution in [0.25, 0.3) is 5.57 Å². The summed E-state index contributed by atoms with van der Waals surface area (Å²) in [6.45, 7) is 5.25. The predicted octanol–water partition coefficient (Wildman–Crippen LogP) is 4.45. The van der Waals surface area contributed by atoms with E-state index in [1.807, 2.05) is 12.1 Å². The normalized spacial score (nSPS) is 29.5. The van der Waals surface area contributed by atoms with Crippen molar-refractivity contribution in [2.75, 3.05) is 0 Å². The lowest BCUT2D eigenvalue weighted by Gasteiger charge is -2.44. The SMILES string of the molecule is CC(=O)Oc1ccc2c(c1)CCC1=C2CC[C@@]2(C)C1CC[C@@H]2OC(C)=O. The van der Waals surface area contributed by atoms with E-state index in [1.54, 1.807) is 5.57 Å². The molecule has 1 saturated carbocycles. The highest BCUT2D eigenvalue weighted by molar-refractivity contribution is 5.76. The Morgan fingerprint density at radius 2 is 1.88 bits per heavy atom. The number of hydrogen-bond acceptors (Lipinski definition) is 4. The van der Waals surface area contributed by atoms with Gasteiger partial charge in [0.15, 0.2) is 0 Å². The number of aryl methyl sites for hydroxylation is 1. The molecule has 1 aromatic carbocycles. The molecule has 3 atom stereocenters. The summed E-state index contributed by atoms with van der Waals surface area (Å²) in [7, 11) is 0. The number of carbonyl (C=O) groups excluding carboxylic acids is 2. The maximum absolute atomic E-state index is 11.5. The first-order chi connectivity index (χ1) is 12.4. The zero-order valence-electron chi connectivity index (χ0n) is 15.8.